The monoisotopic (exact) mass is 1010 g/mol. The summed E-state index contributed by atoms with van der Waals surface area (Å²) in [5.41, 5.74) is 20.0. The third-order valence-electron chi connectivity index (χ3n) is 17.6. The summed E-state index contributed by atoms with van der Waals surface area (Å²) < 4.78 is 13.9. The number of ether oxygens (including phenoxy) is 1. The summed E-state index contributed by atoms with van der Waals surface area (Å²) >= 11 is 0. The summed E-state index contributed by atoms with van der Waals surface area (Å²) in [7, 11) is 0. The first kappa shape index (κ1) is 47.9. The Balaban J connectivity index is 1.09. The average molecular weight is 1010 g/mol. The molecule has 1 aliphatic carbocycles. The SMILES string of the molecule is CC(C)(C)c1cc2c3c(n1)N(c1ccccc1)c1cc4c(cc1B3c1cc3cc(C(C)(C)C)oc3cc1O2)B1c2ccccc2N(c2ccc3c(c2)C(C)(C)CCC3(C)C)c2cc(C(C)(C)C)nc(c21)N4c1ccccc1. The van der Waals surface area contributed by atoms with E-state index in [9.17, 15) is 0 Å². The molecule has 4 aliphatic heterocycles. The molecule has 0 saturated heterocycles. The highest BCUT2D eigenvalue weighted by atomic mass is 16.5. The number of benzene rings is 6. The molecule has 0 bridgehead atoms. The van der Waals surface area contributed by atoms with Gasteiger partial charge in [-0.1, -0.05) is 163 Å². The van der Waals surface area contributed by atoms with Crippen molar-refractivity contribution in [2.24, 2.45) is 0 Å². The normalized spacial score (nSPS) is 16.5. The van der Waals surface area contributed by atoms with Crippen LogP contribution in [0.15, 0.2) is 150 Å². The van der Waals surface area contributed by atoms with Gasteiger partial charge in [-0.25, -0.2) is 9.97 Å². The van der Waals surface area contributed by atoms with Crippen molar-refractivity contribution >= 4 is 109 Å². The molecule has 7 heterocycles. The summed E-state index contributed by atoms with van der Waals surface area (Å²) in [6.07, 6.45) is 2.31. The van der Waals surface area contributed by atoms with Crippen LogP contribution in [0, 0.1) is 0 Å². The number of anilines is 9. The second-order valence-electron chi connectivity index (χ2n) is 27.0. The van der Waals surface area contributed by atoms with Gasteiger partial charge in [-0.3, -0.25) is 9.80 Å². The molecule has 6 aromatic carbocycles. The lowest BCUT2D eigenvalue weighted by atomic mass is 9.30. The number of rotatable bonds is 3. The Morgan fingerprint density at radius 1 is 0.442 bits per heavy atom. The second-order valence-corrected chi connectivity index (χ2v) is 27.0. The molecule has 9 heteroatoms. The standard InChI is InChI=1S/C68H67B2N5O2/c1-64(2,3)57-37-53-60-62(71-57)74(41-22-16-14-17-23-41)51-36-52-48(35-47(51)69(60)46-26-20-21-27-50(46)73(53)43-28-29-44-45(34-43)68(12,13)31-30-67(44,10)11)70-49-32-40-33-59(66(7,8)9)77-54(40)38-55(49)76-56-39-58(65(4,5)6)72-63(61(56)70)75(52)42-24-18-15-19-25-42/h14-29,32-39H,30-31H2,1-13H3. The minimum atomic E-state index is -0.272. The molecule has 0 atom stereocenters. The van der Waals surface area contributed by atoms with Crippen LogP contribution in [-0.4, -0.2) is 23.4 Å². The van der Waals surface area contributed by atoms with Crippen molar-refractivity contribution in [3.63, 3.8) is 0 Å². The van der Waals surface area contributed by atoms with E-state index in [1.54, 1.807) is 0 Å². The second kappa shape index (κ2) is 16.0. The van der Waals surface area contributed by atoms with E-state index in [4.69, 9.17) is 19.1 Å². The third-order valence-corrected chi connectivity index (χ3v) is 17.6. The van der Waals surface area contributed by atoms with E-state index in [2.05, 4.69) is 250 Å². The lowest BCUT2D eigenvalue weighted by Crippen LogP contribution is -2.65. The molecule has 382 valence electrons. The molecule has 0 spiro atoms. The van der Waals surface area contributed by atoms with Crippen molar-refractivity contribution in [1.29, 1.82) is 0 Å². The Kier molecular flexibility index (Phi) is 9.97. The highest BCUT2D eigenvalue weighted by molar-refractivity contribution is 7.02. The van der Waals surface area contributed by atoms with Crippen molar-refractivity contribution in [3.05, 3.63) is 174 Å². The maximum absolute atomic E-state index is 7.21. The first-order valence-corrected chi connectivity index (χ1v) is 27.8. The van der Waals surface area contributed by atoms with Crippen molar-refractivity contribution in [3.8, 4) is 11.5 Å². The van der Waals surface area contributed by atoms with Crippen molar-refractivity contribution in [1.82, 2.24) is 9.97 Å². The zero-order valence-electron chi connectivity index (χ0n) is 47.0. The highest BCUT2D eigenvalue weighted by Crippen LogP contribution is 2.51. The first-order valence-electron chi connectivity index (χ1n) is 27.8. The average Bonchev–Trinajstić information content (AvgIpc) is 3.86. The number of hydrogen-bond donors (Lipinski definition) is 0. The van der Waals surface area contributed by atoms with Crippen LogP contribution in [0.4, 0.5) is 51.4 Å². The van der Waals surface area contributed by atoms with Gasteiger partial charge in [0.05, 0.1) is 11.4 Å². The van der Waals surface area contributed by atoms with Crippen LogP contribution in [0.5, 0.6) is 11.5 Å². The molecular weight excluding hydrogens is 940 g/mol. The van der Waals surface area contributed by atoms with Crippen molar-refractivity contribution in [2.75, 3.05) is 14.7 Å². The smallest absolute Gasteiger partial charge is 0.258 e. The molecule has 5 aliphatic rings. The zero-order chi connectivity index (χ0) is 53.5. The van der Waals surface area contributed by atoms with Crippen LogP contribution >= 0.6 is 0 Å². The Labute approximate surface area is 455 Å². The van der Waals surface area contributed by atoms with E-state index in [1.807, 2.05) is 0 Å². The number of furan rings is 1. The van der Waals surface area contributed by atoms with Gasteiger partial charge in [-0.15, -0.1) is 0 Å². The Morgan fingerprint density at radius 2 is 1.01 bits per heavy atom. The van der Waals surface area contributed by atoms with Crippen LogP contribution in [0.2, 0.25) is 0 Å². The topological polar surface area (TPSA) is 57.9 Å². The maximum Gasteiger partial charge on any atom is 0.258 e. The molecule has 0 radical (unpaired) electrons. The van der Waals surface area contributed by atoms with Crippen LogP contribution in [0.3, 0.4) is 0 Å². The van der Waals surface area contributed by atoms with Gasteiger partial charge in [0.15, 0.2) is 0 Å². The van der Waals surface area contributed by atoms with Gasteiger partial charge in [0.1, 0.15) is 34.5 Å². The van der Waals surface area contributed by atoms with E-state index in [-0.39, 0.29) is 40.5 Å². The van der Waals surface area contributed by atoms with E-state index in [0.29, 0.717) is 0 Å². The molecule has 3 aromatic heterocycles. The summed E-state index contributed by atoms with van der Waals surface area (Å²) in [6, 6.07) is 54.6. The Hall–Kier alpha value is -7.51. The van der Waals surface area contributed by atoms with Gasteiger partial charge in [0, 0.05) is 79.0 Å². The molecule has 7 nitrogen and oxygen atoms in total. The molecule has 0 saturated carbocycles. The summed E-state index contributed by atoms with van der Waals surface area (Å²) in [4.78, 5) is 19.1. The van der Waals surface area contributed by atoms with Gasteiger partial charge in [-0.2, -0.15) is 0 Å². The molecule has 0 fully saturated rings. The van der Waals surface area contributed by atoms with Gasteiger partial charge in [-0.05, 0) is 123 Å². The number of nitrogens with zero attached hydrogens (tertiary/aromatic N) is 5. The Bertz CT molecular complexity index is 3950. The molecule has 14 rings (SSSR count). The predicted molar refractivity (Wildman–Crippen MR) is 323 cm³/mol. The number of fused-ring (bicyclic) bond motifs is 10. The predicted octanol–water partition coefficient (Wildman–Crippen LogP) is 14.0. The first-order chi connectivity index (χ1) is 36.5. The van der Waals surface area contributed by atoms with Crippen LogP contribution in [0.1, 0.15) is 131 Å². The van der Waals surface area contributed by atoms with E-state index < -0.39 is 0 Å². The van der Waals surface area contributed by atoms with E-state index >= 15 is 0 Å². The number of hydrogen-bond acceptors (Lipinski definition) is 7. The summed E-state index contributed by atoms with van der Waals surface area (Å²) in [5.74, 6) is 4.44. The number of pyridine rings is 2. The van der Waals surface area contributed by atoms with Gasteiger partial charge < -0.3 is 14.1 Å². The number of aromatic nitrogens is 2. The fourth-order valence-electron chi connectivity index (χ4n) is 13.2. The summed E-state index contributed by atoms with van der Waals surface area (Å²) in [6.45, 7) is 29.6. The number of para-hydroxylation sites is 3. The largest absolute Gasteiger partial charge is 0.460 e. The third kappa shape index (κ3) is 7.17. The highest BCUT2D eigenvalue weighted by Gasteiger charge is 2.50. The fourth-order valence-corrected chi connectivity index (χ4v) is 13.2. The molecule has 9 aromatic rings. The zero-order valence-corrected chi connectivity index (χ0v) is 47.0. The van der Waals surface area contributed by atoms with Crippen molar-refractivity contribution in [2.45, 2.75) is 130 Å². The van der Waals surface area contributed by atoms with E-state index in [1.165, 1.54) is 56.5 Å². The molecule has 0 amide bonds. The minimum Gasteiger partial charge on any atom is -0.460 e. The molecule has 0 N–H and O–H groups in total. The van der Waals surface area contributed by atoms with Gasteiger partial charge in [0.2, 0.25) is 0 Å². The molecule has 77 heavy (non-hydrogen) atoms. The quantitative estimate of drug-likeness (QED) is 0.163. The molecule has 0 unspecified atom stereocenters. The minimum absolute atomic E-state index is 0.0338. The lowest BCUT2D eigenvalue weighted by Gasteiger charge is -2.46. The van der Waals surface area contributed by atoms with Crippen LogP contribution < -0.4 is 52.2 Å². The van der Waals surface area contributed by atoms with Crippen molar-refractivity contribution < 1.29 is 9.15 Å². The Morgan fingerprint density at radius 3 is 1.64 bits per heavy atom. The fraction of sp³-hybridized carbons (Fsp3) is 0.294. The van der Waals surface area contributed by atoms with E-state index in [0.717, 1.165) is 91.3 Å². The van der Waals surface area contributed by atoms with Crippen LogP contribution in [0.25, 0.3) is 11.0 Å². The van der Waals surface area contributed by atoms with Gasteiger partial charge >= 0.3 is 0 Å². The molecular formula is C68H67B2N5O2. The van der Waals surface area contributed by atoms with Crippen LogP contribution in [-0.2, 0) is 27.1 Å². The lowest BCUT2D eigenvalue weighted by molar-refractivity contribution is 0.332. The maximum atomic E-state index is 7.21. The van der Waals surface area contributed by atoms with Gasteiger partial charge in [0.25, 0.3) is 13.4 Å². The summed E-state index contributed by atoms with van der Waals surface area (Å²) in [5, 5.41) is 1.07.